The summed E-state index contributed by atoms with van der Waals surface area (Å²) >= 11 is 0. The van der Waals surface area contributed by atoms with Crippen LogP contribution in [0.2, 0.25) is 0 Å². The van der Waals surface area contributed by atoms with Crippen molar-refractivity contribution in [2.24, 2.45) is 0 Å². The average Bonchev–Trinajstić information content (AvgIpc) is 2.73. The van der Waals surface area contributed by atoms with Crippen LogP contribution >= 0.6 is 0 Å². The van der Waals surface area contributed by atoms with Gasteiger partial charge in [-0.3, -0.25) is 4.90 Å². The first-order chi connectivity index (χ1) is 7.81. The highest BCUT2D eigenvalue weighted by molar-refractivity contribution is 5.17. The molecule has 0 atom stereocenters. The summed E-state index contributed by atoms with van der Waals surface area (Å²) in [5.74, 6) is 1.05. The monoisotopic (exact) mass is 222 g/mol. The van der Waals surface area contributed by atoms with E-state index in [-0.39, 0.29) is 0 Å². The Bertz CT molecular complexity index is 307. The molecular formula is C13H22N2O. The molecule has 0 aliphatic carbocycles. The van der Waals surface area contributed by atoms with Gasteiger partial charge >= 0.3 is 0 Å². The number of furan rings is 1. The molecule has 1 aromatic heterocycles. The van der Waals surface area contributed by atoms with Gasteiger partial charge in [-0.2, -0.15) is 0 Å². The van der Waals surface area contributed by atoms with Crippen LogP contribution in [0.3, 0.4) is 0 Å². The third-order valence-electron chi connectivity index (χ3n) is 2.60. The van der Waals surface area contributed by atoms with Crippen molar-refractivity contribution < 1.29 is 4.42 Å². The quantitative estimate of drug-likeness (QED) is 0.685. The molecular weight excluding hydrogens is 200 g/mol. The number of rotatable bonds is 8. The lowest BCUT2D eigenvalue weighted by atomic mass is 10.2. The molecule has 0 aromatic carbocycles. The van der Waals surface area contributed by atoms with Gasteiger partial charge in [0.15, 0.2) is 0 Å². The minimum absolute atomic E-state index is 0.810. The van der Waals surface area contributed by atoms with Crippen molar-refractivity contribution in [3.8, 4) is 0 Å². The Morgan fingerprint density at radius 3 is 2.94 bits per heavy atom. The van der Waals surface area contributed by atoms with Gasteiger partial charge in [-0.25, -0.2) is 0 Å². The van der Waals surface area contributed by atoms with Crippen LogP contribution in [0.4, 0.5) is 0 Å². The molecule has 0 saturated heterocycles. The van der Waals surface area contributed by atoms with Gasteiger partial charge in [-0.05, 0) is 19.2 Å². The van der Waals surface area contributed by atoms with E-state index < -0.39 is 0 Å². The van der Waals surface area contributed by atoms with E-state index in [9.17, 15) is 0 Å². The Balaban J connectivity index is 2.57. The van der Waals surface area contributed by atoms with E-state index in [0.717, 1.165) is 38.5 Å². The van der Waals surface area contributed by atoms with Crippen LogP contribution in [0.5, 0.6) is 0 Å². The van der Waals surface area contributed by atoms with Crippen molar-refractivity contribution in [3.05, 3.63) is 36.3 Å². The van der Waals surface area contributed by atoms with Gasteiger partial charge in [0.05, 0.1) is 12.8 Å². The molecule has 0 amide bonds. The molecule has 0 fully saturated rings. The predicted octanol–water partition coefficient (Wildman–Crippen LogP) is 2.40. The van der Waals surface area contributed by atoms with Crippen molar-refractivity contribution in [3.63, 3.8) is 0 Å². The van der Waals surface area contributed by atoms with E-state index in [0.29, 0.717) is 0 Å². The van der Waals surface area contributed by atoms with Gasteiger partial charge in [0.1, 0.15) is 5.76 Å². The Morgan fingerprint density at radius 2 is 2.31 bits per heavy atom. The first kappa shape index (κ1) is 13.0. The van der Waals surface area contributed by atoms with E-state index in [2.05, 4.69) is 36.7 Å². The highest BCUT2D eigenvalue weighted by atomic mass is 16.3. The first-order valence-electron chi connectivity index (χ1n) is 5.91. The third kappa shape index (κ3) is 3.83. The lowest BCUT2D eigenvalue weighted by Gasteiger charge is -2.18. The Kier molecular flexibility index (Phi) is 5.90. The van der Waals surface area contributed by atoms with Crippen molar-refractivity contribution in [2.75, 3.05) is 19.6 Å². The van der Waals surface area contributed by atoms with Crippen LogP contribution in [0, 0.1) is 0 Å². The second-order valence-electron chi connectivity index (χ2n) is 3.77. The molecule has 3 heteroatoms. The number of nitrogens with zero attached hydrogens (tertiary/aromatic N) is 1. The highest BCUT2D eigenvalue weighted by Gasteiger charge is 2.09. The van der Waals surface area contributed by atoms with E-state index in [4.69, 9.17) is 4.42 Å². The molecule has 1 aromatic rings. The summed E-state index contributed by atoms with van der Waals surface area (Å²) < 4.78 is 5.48. The molecule has 1 N–H and O–H groups in total. The second kappa shape index (κ2) is 7.25. The van der Waals surface area contributed by atoms with Gasteiger partial charge in [0.25, 0.3) is 0 Å². The van der Waals surface area contributed by atoms with Crippen LogP contribution in [-0.2, 0) is 13.1 Å². The van der Waals surface area contributed by atoms with Crippen molar-refractivity contribution in [2.45, 2.75) is 26.9 Å². The molecule has 3 nitrogen and oxygen atoms in total. The SMILES string of the molecule is C=CCN(CC)Cc1ccoc1CNCC. The maximum atomic E-state index is 5.48. The summed E-state index contributed by atoms with van der Waals surface area (Å²) in [4.78, 5) is 2.33. The molecule has 1 heterocycles. The minimum atomic E-state index is 0.810. The van der Waals surface area contributed by atoms with Gasteiger partial charge in [0, 0.05) is 18.7 Å². The molecule has 16 heavy (non-hydrogen) atoms. The van der Waals surface area contributed by atoms with Gasteiger partial charge in [-0.1, -0.05) is 19.9 Å². The maximum Gasteiger partial charge on any atom is 0.122 e. The van der Waals surface area contributed by atoms with E-state index in [1.165, 1.54) is 5.56 Å². The van der Waals surface area contributed by atoms with Crippen LogP contribution in [0.25, 0.3) is 0 Å². The third-order valence-corrected chi connectivity index (χ3v) is 2.60. The maximum absolute atomic E-state index is 5.48. The second-order valence-corrected chi connectivity index (χ2v) is 3.77. The Hall–Kier alpha value is -1.06. The van der Waals surface area contributed by atoms with Crippen LogP contribution in [0.1, 0.15) is 25.2 Å². The minimum Gasteiger partial charge on any atom is -0.468 e. The molecule has 0 aliphatic rings. The van der Waals surface area contributed by atoms with Crippen LogP contribution in [-0.4, -0.2) is 24.5 Å². The standard InChI is InChI=1S/C13H22N2O/c1-4-8-15(6-3)11-12-7-9-16-13(12)10-14-5-2/h4,7,9,14H,1,5-6,8,10-11H2,2-3H3. The molecule has 0 unspecified atom stereocenters. The summed E-state index contributed by atoms with van der Waals surface area (Å²) in [7, 11) is 0. The number of nitrogens with one attached hydrogen (secondary N) is 1. The normalized spacial score (nSPS) is 10.9. The lowest BCUT2D eigenvalue weighted by Crippen LogP contribution is -2.23. The molecule has 0 bridgehead atoms. The molecule has 0 radical (unpaired) electrons. The topological polar surface area (TPSA) is 28.4 Å². The Morgan fingerprint density at radius 1 is 1.50 bits per heavy atom. The summed E-state index contributed by atoms with van der Waals surface area (Å²) in [5, 5.41) is 3.28. The molecule has 0 spiro atoms. The zero-order valence-electron chi connectivity index (χ0n) is 10.3. The zero-order valence-corrected chi connectivity index (χ0v) is 10.3. The van der Waals surface area contributed by atoms with Crippen molar-refractivity contribution in [1.82, 2.24) is 10.2 Å². The summed E-state index contributed by atoms with van der Waals surface area (Å²) in [6, 6.07) is 2.05. The van der Waals surface area contributed by atoms with Crippen LogP contribution < -0.4 is 5.32 Å². The average molecular weight is 222 g/mol. The van der Waals surface area contributed by atoms with E-state index >= 15 is 0 Å². The highest BCUT2D eigenvalue weighted by Crippen LogP contribution is 2.13. The fourth-order valence-corrected chi connectivity index (χ4v) is 1.63. The fourth-order valence-electron chi connectivity index (χ4n) is 1.63. The van der Waals surface area contributed by atoms with Crippen LogP contribution in [0.15, 0.2) is 29.4 Å². The molecule has 90 valence electrons. The lowest BCUT2D eigenvalue weighted by molar-refractivity contribution is 0.307. The van der Waals surface area contributed by atoms with Gasteiger partial charge in [0.2, 0.25) is 0 Å². The van der Waals surface area contributed by atoms with E-state index in [1.54, 1.807) is 6.26 Å². The molecule has 1 rings (SSSR count). The van der Waals surface area contributed by atoms with Gasteiger partial charge < -0.3 is 9.73 Å². The fraction of sp³-hybridized carbons (Fsp3) is 0.538. The molecule has 0 aliphatic heterocycles. The predicted molar refractivity (Wildman–Crippen MR) is 67.2 cm³/mol. The van der Waals surface area contributed by atoms with Crippen molar-refractivity contribution in [1.29, 1.82) is 0 Å². The molecule has 0 saturated carbocycles. The van der Waals surface area contributed by atoms with Crippen molar-refractivity contribution >= 4 is 0 Å². The Labute approximate surface area is 98.1 Å². The van der Waals surface area contributed by atoms with Gasteiger partial charge in [-0.15, -0.1) is 6.58 Å². The number of likely N-dealkylation sites (N-methyl/N-ethyl adjacent to an activating group) is 1. The smallest absolute Gasteiger partial charge is 0.122 e. The zero-order chi connectivity index (χ0) is 11.8. The summed E-state index contributed by atoms with van der Waals surface area (Å²) in [6.07, 6.45) is 3.71. The number of hydrogen-bond donors (Lipinski definition) is 1. The largest absolute Gasteiger partial charge is 0.468 e. The summed E-state index contributed by atoms with van der Waals surface area (Å²) in [5.41, 5.74) is 1.27. The first-order valence-corrected chi connectivity index (χ1v) is 5.91. The van der Waals surface area contributed by atoms with E-state index in [1.807, 2.05) is 6.08 Å². The summed E-state index contributed by atoms with van der Waals surface area (Å²) in [6.45, 7) is 12.7. The number of hydrogen-bond acceptors (Lipinski definition) is 3.